The molecule has 4 N–H and O–H groups in total. The van der Waals surface area contributed by atoms with E-state index in [4.69, 9.17) is 10.2 Å². The van der Waals surface area contributed by atoms with Crippen molar-refractivity contribution in [1.29, 1.82) is 0 Å². The molecule has 0 aromatic carbocycles. The standard InChI is InChI=1S/C6H14O4/c1-5(9,3-7)6(2,10)4-8/h7-10H,3-4H2,1-2H3/t5-,6-/m0/s1. The van der Waals surface area contributed by atoms with Crippen molar-refractivity contribution >= 4 is 0 Å². The highest BCUT2D eigenvalue weighted by atomic mass is 16.4. The van der Waals surface area contributed by atoms with Crippen LogP contribution >= 0.6 is 0 Å². The first kappa shape index (κ1) is 9.84. The molecule has 62 valence electrons. The molecule has 0 rings (SSSR count). The van der Waals surface area contributed by atoms with Crippen LogP contribution < -0.4 is 0 Å². The minimum Gasteiger partial charge on any atom is -0.393 e. The van der Waals surface area contributed by atoms with Crippen molar-refractivity contribution in [3.05, 3.63) is 0 Å². The van der Waals surface area contributed by atoms with Gasteiger partial charge in [0, 0.05) is 0 Å². The molecule has 4 heteroatoms. The van der Waals surface area contributed by atoms with Gasteiger partial charge in [0.05, 0.1) is 13.2 Å². The summed E-state index contributed by atoms with van der Waals surface area (Å²) in [6.07, 6.45) is 0. The molecule has 0 aliphatic rings. The zero-order chi connectivity index (χ0) is 8.41. The van der Waals surface area contributed by atoms with Gasteiger partial charge in [-0.15, -0.1) is 0 Å². The number of hydrogen-bond donors (Lipinski definition) is 4. The Morgan fingerprint density at radius 2 is 1.10 bits per heavy atom. The second-order valence-electron chi connectivity index (χ2n) is 2.86. The summed E-state index contributed by atoms with van der Waals surface area (Å²) in [5.74, 6) is 0. The lowest BCUT2D eigenvalue weighted by Crippen LogP contribution is -2.54. The first-order chi connectivity index (χ1) is 4.37. The molecule has 0 aromatic rings. The summed E-state index contributed by atoms with van der Waals surface area (Å²) >= 11 is 0. The van der Waals surface area contributed by atoms with Crippen LogP contribution in [0.4, 0.5) is 0 Å². The Morgan fingerprint density at radius 1 is 0.900 bits per heavy atom. The van der Waals surface area contributed by atoms with Gasteiger partial charge in [0.1, 0.15) is 11.2 Å². The second kappa shape index (κ2) is 2.84. The molecule has 0 bridgehead atoms. The average molecular weight is 150 g/mol. The molecular weight excluding hydrogens is 136 g/mol. The Labute approximate surface area is 59.7 Å². The van der Waals surface area contributed by atoms with Gasteiger partial charge < -0.3 is 20.4 Å². The summed E-state index contributed by atoms with van der Waals surface area (Å²) in [4.78, 5) is 0. The summed E-state index contributed by atoms with van der Waals surface area (Å²) < 4.78 is 0. The van der Waals surface area contributed by atoms with Crippen molar-refractivity contribution < 1.29 is 20.4 Å². The number of hydrogen-bond acceptors (Lipinski definition) is 4. The van der Waals surface area contributed by atoms with Gasteiger partial charge in [0.2, 0.25) is 0 Å². The molecule has 0 heterocycles. The van der Waals surface area contributed by atoms with Crippen molar-refractivity contribution in [2.75, 3.05) is 13.2 Å². The maximum atomic E-state index is 9.19. The van der Waals surface area contributed by atoms with E-state index in [0.29, 0.717) is 0 Å². The van der Waals surface area contributed by atoms with Crippen LogP contribution in [0.3, 0.4) is 0 Å². The summed E-state index contributed by atoms with van der Waals surface area (Å²) in [7, 11) is 0. The van der Waals surface area contributed by atoms with E-state index < -0.39 is 24.4 Å². The van der Waals surface area contributed by atoms with E-state index in [0.717, 1.165) is 0 Å². The molecule has 4 nitrogen and oxygen atoms in total. The Balaban J connectivity index is 4.28. The third kappa shape index (κ3) is 1.67. The van der Waals surface area contributed by atoms with Crippen molar-refractivity contribution in [1.82, 2.24) is 0 Å². The molecule has 2 atom stereocenters. The van der Waals surface area contributed by atoms with Gasteiger partial charge in [0.15, 0.2) is 0 Å². The van der Waals surface area contributed by atoms with Crippen LogP contribution in [0.5, 0.6) is 0 Å². The van der Waals surface area contributed by atoms with Crippen LogP contribution in [0.1, 0.15) is 13.8 Å². The van der Waals surface area contributed by atoms with E-state index >= 15 is 0 Å². The lowest BCUT2D eigenvalue weighted by Gasteiger charge is -2.35. The van der Waals surface area contributed by atoms with E-state index in [-0.39, 0.29) is 0 Å². The minimum absolute atomic E-state index is 0.583. The number of rotatable bonds is 3. The first-order valence-corrected chi connectivity index (χ1v) is 3.04. The van der Waals surface area contributed by atoms with Crippen molar-refractivity contribution in [2.45, 2.75) is 25.0 Å². The fraction of sp³-hybridized carbons (Fsp3) is 1.00. The molecule has 0 aliphatic heterocycles. The largest absolute Gasteiger partial charge is 0.393 e. The molecule has 0 fully saturated rings. The topological polar surface area (TPSA) is 80.9 Å². The van der Waals surface area contributed by atoms with Crippen molar-refractivity contribution in [3.8, 4) is 0 Å². The SMILES string of the molecule is C[C@](O)(CO)[C@@](C)(O)CO. The summed E-state index contributed by atoms with van der Waals surface area (Å²) in [5, 5.41) is 35.5. The van der Waals surface area contributed by atoms with Crippen LogP contribution in [0.15, 0.2) is 0 Å². The van der Waals surface area contributed by atoms with E-state index in [1.54, 1.807) is 0 Å². The molecule has 0 aliphatic carbocycles. The van der Waals surface area contributed by atoms with E-state index in [9.17, 15) is 10.2 Å². The lowest BCUT2D eigenvalue weighted by molar-refractivity contribution is -0.169. The molecule has 10 heavy (non-hydrogen) atoms. The molecule has 0 amide bonds. The molecular formula is C6H14O4. The quantitative estimate of drug-likeness (QED) is 0.393. The molecule has 0 radical (unpaired) electrons. The third-order valence-electron chi connectivity index (χ3n) is 1.78. The van der Waals surface area contributed by atoms with Crippen molar-refractivity contribution in [2.24, 2.45) is 0 Å². The van der Waals surface area contributed by atoms with Crippen LogP contribution in [-0.4, -0.2) is 44.8 Å². The smallest absolute Gasteiger partial charge is 0.115 e. The van der Waals surface area contributed by atoms with Crippen LogP contribution in [0.25, 0.3) is 0 Å². The number of aliphatic hydroxyl groups excluding tert-OH is 2. The highest BCUT2D eigenvalue weighted by molar-refractivity contribution is 4.92. The monoisotopic (exact) mass is 150 g/mol. The molecule has 0 saturated carbocycles. The van der Waals surface area contributed by atoms with Gasteiger partial charge >= 0.3 is 0 Å². The Kier molecular flexibility index (Phi) is 2.79. The van der Waals surface area contributed by atoms with E-state index in [1.165, 1.54) is 13.8 Å². The predicted octanol–water partition coefficient (Wildman–Crippen LogP) is -1.53. The highest BCUT2D eigenvalue weighted by Crippen LogP contribution is 2.19. The normalized spacial score (nSPS) is 23.4. The first-order valence-electron chi connectivity index (χ1n) is 3.04. The van der Waals surface area contributed by atoms with Crippen molar-refractivity contribution in [3.63, 3.8) is 0 Å². The summed E-state index contributed by atoms with van der Waals surface area (Å²) in [5.41, 5.74) is -3.30. The van der Waals surface area contributed by atoms with E-state index in [2.05, 4.69) is 0 Å². The molecule has 0 spiro atoms. The summed E-state index contributed by atoms with van der Waals surface area (Å²) in [6, 6.07) is 0. The maximum absolute atomic E-state index is 9.19. The number of aliphatic hydroxyl groups is 4. The fourth-order valence-corrected chi connectivity index (χ4v) is 0.341. The second-order valence-corrected chi connectivity index (χ2v) is 2.86. The lowest BCUT2D eigenvalue weighted by atomic mass is 9.87. The van der Waals surface area contributed by atoms with Gasteiger partial charge in [0.25, 0.3) is 0 Å². The molecule has 0 aromatic heterocycles. The Hall–Kier alpha value is -0.160. The van der Waals surface area contributed by atoms with Crippen LogP contribution in [0, 0.1) is 0 Å². The van der Waals surface area contributed by atoms with Gasteiger partial charge in [-0.05, 0) is 13.8 Å². The molecule has 0 saturated heterocycles. The molecule has 0 unspecified atom stereocenters. The highest BCUT2D eigenvalue weighted by Gasteiger charge is 2.40. The summed E-state index contributed by atoms with van der Waals surface area (Å²) in [6.45, 7) is 1.34. The Bertz CT molecular complexity index is 94.3. The third-order valence-corrected chi connectivity index (χ3v) is 1.78. The van der Waals surface area contributed by atoms with E-state index in [1.807, 2.05) is 0 Å². The van der Waals surface area contributed by atoms with Gasteiger partial charge in [-0.25, -0.2) is 0 Å². The zero-order valence-corrected chi connectivity index (χ0v) is 6.20. The zero-order valence-electron chi connectivity index (χ0n) is 6.20. The minimum atomic E-state index is -1.65. The average Bonchev–Trinajstić information content (AvgIpc) is 1.88. The fourth-order valence-electron chi connectivity index (χ4n) is 0.341. The predicted molar refractivity (Wildman–Crippen MR) is 35.4 cm³/mol. The van der Waals surface area contributed by atoms with Gasteiger partial charge in [-0.1, -0.05) is 0 Å². The maximum Gasteiger partial charge on any atom is 0.115 e. The van der Waals surface area contributed by atoms with Gasteiger partial charge in [-0.3, -0.25) is 0 Å². The van der Waals surface area contributed by atoms with Crippen LogP contribution in [0.2, 0.25) is 0 Å². The van der Waals surface area contributed by atoms with Crippen LogP contribution in [-0.2, 0) is 0 Å². The Morgan fingerprint density at radius 3 is 1.20 bits per heavy atom. The van der Waals surface area contributed by atoms with Gasteiger partial charge in [-0.2, -0.15) is 0 Å².